The molecule has 136 valence electrons. The van der Waals surface area contributed by atoms with Gasteiger partial charge in [0, 0.05) is 31.5 Å². The Hall–Kier alpha value is -2.24. The molecule has 2 aliphatic heterocycles. The Morgan fingerprint density at radius 1 is 1.12 bits per heavy atom. The predicted octanol–water partition coefficient (Wildman–Crippen LogP) is 2.95. The molecular formula is C21H24FN3O. The number of hydrogen-bond donors (Lipinski definition) is 2. The normalized spacial score (nSPS) is 25.2. The number of carbonyl (C=O) groups excluding carboxylic acids is 1. The van der Waals surface area contributed by atoms with Gasteiger partial charge < -0.3 is 4.90 Å². The van der Waals surface area contributed by atoms with Gasteiger partial charge in [-0.15, -0.1) is 0 Å². The van der Waals surface area contributed by atoms with Crippen molar-refractivity contribution in [1.29, 1.82) is 0 Å². The van der Waals surface area contributed by atoms with E-state index in [-0.39, 0.29) is 29.7 Å². The minimum Gasteiger partial charge on any atom is -0.338 e. The van der Waals surface area contributed by atoms with Crippen LogP contribution in [0, 0.1) is 11.7 Å². The maximum atomic E-state index is 13.2. The summed E-state index contributed by atoms with van der Waals surface area (Å²) in [5.74, 6) is 0.0754. The van der Waals surface area contributed by atoms with Gasteiger partial charge in [0.25, 0.3) is 0 Å². The van der Waals surface area contributed by atoms with E-state index >= 15 is 0 Å². The Bertz CT molecular complexity index is 792. The van der Waals surface area contributed by atoms with E-state index in [1.807, 2.05) is 11.0 Å². The van der Waals surface area contributed by atoms with Gasteiger partial charge in [-0.3, -0.25) is 10.2 Å². The molecule has 1 saturated heterocycles. The van der Waals surface area contributed by atoms with Crippen molar-refractivity contribution < 1.29 is 9.18 Å². The molecule has 1 amide bonds. The molecule has 0 spiro atoms. The fourth-order valence-corrected chi connectivity index (χ4v) is 4.06. The van der Waals surface area contributed by atoms with Crippen molar-refractivity contribution >= 4 is 5.91 Å². The van der Waals surface area contributed by atoms with E-state index in [0.29, 0.717) is 13.0 Å². The summed E-state index contributed by atoms with van der Waals surface area (Å²) in [6.45, 7) is 3.55. The molecule has 0 bridgehead atoms. The SMILES string of the molecule is CC1NNC(c2ccc(F)cc2)C1CC(=O)N1CCc2ccccc2C1. The van der Waals surface area contributed by atoms with E-state index in [9.17, 15) is 9.18 Å². The zero-order valence-electron chi connectivity index (χ0n) is 14.9. The summed E-state index contributed by atoms with van der Waals surface area (Å²) < 4.78 is 13.2. The lowest BCUT2D eigenvalue weighted by Crippen LogP contribution is -2.38. The van der Waals surface area contributed by atoms with Gasteiger partial charge in [0.2, 0.25) is 5.91 Å². The van der Waals surface area contributed by atoms with Crippen LogP contribution in [-0.4, -0.2) is 23.4 Å². The summed E-state index contributed by atoms with van der Waals surface area (Å²) in [5.41, 5.74) is 10.1. The van der Waals surface area contributed by atoms with E-state index in [1.54, 1.807) is 12.1 Å². The third kappa shape index (κ3) is 3.37. The number of amides is 1. The molecule has 1 fully saturated rings. The number of fused-ring (bicyclic) bond motifs is 1. The molecule has 0 aliphatic carbocycles. The molecule has 2 aromatic carbocycles. The molecule has 0 aromatic heterocycles. The predicted molar refractivity (Wildman–Crippen MR) is 98.5 cm³/mol. The lowest BCUT2D eigenvalue weighted by molar-refractivity contribution is -0.133. The molecule has 0 radical (unpaired) electrons. The number of benzene rings is 2. The number of hydrogen-bond acceptors (Lipinski definition) is 3. The van der Waals surface area contributed by atoms with Crippen LogP contribution in [0.1, 0.15) is 36.1 Å². The Morgan fingerprint density at radius 3 is 2.62 bits per heavy atom. The second kappa shape index (κ2) is 7.17. The fraction of sp³-hybridized carbons (Fsp3) is 0.381. The molecule has 2 aliphatic rings. The highest BCUT2D eigenvalue weighted by atomic mass is 19.1. The number of carbonyl (C=O) groups is 1. The van der Waals surface area contributed by atoms with Gasteiger partial charge in [-0.1, -0.05) is 36.4 Å². The molecule has 3 unspecified atom stereocenters. The van der Waals surface area contributed by atoms with Crippen molar-refractivity contribution in [3.8, 4) is 0 Å². The van der Waals surface area contributed by atoms with Crippen molar-refractivity contribution in [3.63, 3.8) is 0 Å². The molecule has 5 heteroatoms. The third-order valence-corrected chi connectivity index (χ3v) is 5.66. The molecule has 2 N–H and O–H groups in total. The number of halogens is 1. The van der Waals surface area contributed by atoms with Gasteiger partial charge in [0.1, 0.15) is 5.82 Å². The number of hydrazine groups is 1. The molecule has 3 atom stereocenters. The van der Waals surface area contributed by atoms with E-state index in [1.165, 1.54) is 23.3 Å². The number of nitrogens with zero attached hydrogens (tertiary/aromatic N) is 1. The monoisotopic (exact) mass is 353 g/mol. The largest absolute Gasteiger partial charge is 0.338 e. The number of rotatable bonds is 3. The van der Waals surface area contributed by atoms with Crippen LogP contribution in [0.4, 0.5) is 4.39 Å². The van der Waals surface area contributed by atoms with Crippen LogP contribution in [0.15, 0.2) is 48.5 Å². The van der Waals surface area contributed by atoms with Crippen molar-refractivity contribution in [1.82, 2.24) is 15.8 Å². The highest BCUT2D eigenvalue weighted by molar-refractivity contribution is 5.77. The zero-order valence-corrected chi connectivity index (χ0v) is 14.9. The van der Waals surface area contributed by atoms with Gasteiger partial charge >= 0.3 is 0 Å². The van der Waals surface area contributed by atoms with Gasteiger partial charge in [0.05, 0.1) is 6.04 Å². The van der Waals surface area contributed by atoms with Gasteiger partial charge in [-0.2, -0.15) is 0 Å². The molecule has 4 rings (SSSR count). The minimum absolute atomic E-state index is 0.00614. The van der Waals surface area contributed by atoms with Crippen LogP contribution in [0.2, 0.25) is 0 Å². The Morgan fingerprint density at radius 2 is 1.85 bits per heavy atom. The highest BCUT2D eigenvalue weighted by Crippen LogP contribution is 2.32. The summed E-state index contributed by atoms with van der Waals surface area (Å²) in [6.07, 6.45) is 1.39. The van der Waals surface area contributed by atoms with E-state index < -0.39 is 0 Å². The molecule has 26 heavy (non-hydrogen) atoms. The lowest BCUT2D eigenvalue weighted by Gasteiger charge is -2.31. The first-order valence-corrected chi connectivity index (χ1v) is 9.23. The van der Waals surface area contributed by atoms with Crippen molar-refractivity contribution in [2.75, 3.05) is 6.54 Å². The second-order valence-corrected chi connectivity index (χ2v) is 7.31. The first-order valence-electron chi connectivity index (χ1n) is 9.23. The summed E-state index contributed by atoms with van der Waals surface area (Å²) in [5, 5.41) is 0. The maximum Gasteiger partial charge on any atom is 0.223 e. The van der Waals surface area contributed by atoms with Gasteiger partial charge in [0.15, 0.2) is 0 Å². The third-order valence-electron chi connectivity index (χ3n) is 5.66. The highest BCUT2D eigenvalue weighted by Gasteiger charge is 2.36. The minimum atomic E-state index is -0.243. The average molecular weight is 353 g/mol. The summed E-state index contributed by atoms with van der Waals surface area (Å²) in [4.78, 5) is 14.9. The smallest absolute Gasteiger partial charge is 0.223 e. The fourth-order valence-electron chi connectivity index (χ4n) is 4.06. The second-order valence-electron chi connectivity index (χ2n) is 7.31. The Balaban J connectivity index is 1.46. The molecule has 2 heterocycles. The molecule has 4 nitrogen and oxygen atoms in total. The standard InChI is InChI=1S/C21H24FN3O/c1-14-19(21(24-23-14)16-6-8-18(22)9-7-16)12-20(26)25-11-10-15-4-2-3-5-17(15)13-25/h2-9,14,19,21,23-24H,10-13H2,1H3. The first-order chi connectivity index (χ1) is 12.6. The molecular weight excluding hydrogens is 329 g/mol. The summed E-state index contributed by atoms with van der Waals surface area (Å²) in [6, 6.07) is 15.1. The summed E-state index contributed by atoms with van der Waals surface area (Å²) in [7, 11) is 0. The lowest BCUT2D eigenvalue weighted by atomic mass is 9.87. The van der Waals surface area contributed by atoms with Crippen LogP contribution in [0.25, 0.3) is 0 Å². The average Bonchev–Trinajstić information content (AvgIpc) is 3.02. The number of nitrogens with one attached hydrogen (secondary N) is 2. The summed E-state index contributed by atoms with van der Waals surface area (Å²) >= 11 is 0. The van der Waals surface area contributed by atoms with Gasteiger partial charge in [-0.25, -0.2) is 9.82 Å². The van der Waals surface area contributed by atoms with Crippen molar-refractivity contribution in [2.45, 2.75) is 38.4 Å². The van der Waals surface area contributed by atoms with Crippen LogP contribution in [-0.2, 0) is 17.8 Å². The van der Waals surface area contributed by atoms with Gasteiger partial charge in [-0.05, 0) is 42.2 Å². The van der Waals surface area contributed by atoms with Crippen LogP contribution >= 0.6 is 0 Å². The Kier molecular flexibility index (Phi) is 4.74. The topological polar surface area (TPSA) is 44.4 Å². The van der Waals surface area contributed by atoms with Crippen LogP contribution in [0.3, 0.4) is 0 Å². The van der Waals surface area contributed by atoms with E-state index in [4.69, 9.17) is 0 Å². The quantitative estimate of drug-likeness (QED) is 0.892. The Labute approximate surface area is 153 Å². The van der Waals surface area contributed by atoms with E-state index in [0.717, 1.165) is 18.5 Å². The molecule has 2 aromatic rings. The molecule has 0 saturated carbocycles. The van der Waals surface area contributed by atoms with E-state index in [2.05, 4.69) is 36.0 Å². The maximum absolute atomic E-state index is 13.2. The van der Waals surface area contributed by atoms with Crippen LogP contribution < -0.4 is 10.9 Å². The first kappa shape index (κ1) is 17.2. The zero-order chi connectivity index (χ0) is 18.1. The van der Waals surface area contributed by atoms with Crippen molar-refractivity contribution in [2.24, 2.45) is 5.92 Å². The van der Waals surface area contributed by atoms with Crippen molar-refractivity contribution in [3.05, 3.63) is 71.0 Å². The van der Waals surface area contributed by atoms with Crippen LogP contribution in [0.5, 0.6) is 0 Å².